The van der Waals surface area contributed by atoms with E-state index in [1.54, 1.807) is 6.07 Å². The lowest BCUT2D eigenvalue weighted by Gasteiger charge is -2.11. The van der Waals surface area contributed by atoms with Crippen LogP contribution in [0, 0.1) is 5.82 Å². The first-order valence-corrected chi connectivity index (χ1v) is 7.30. The molecule has 132 valence electrons. The predicted molar refractivity (Wildman–Crippen MR) is 84.7 cm³/mol. The Kier molecular flexibility index (Phi) is 5.89. The molecule has 0 radical (unpaired) electrons. The number of rotatable bonds is 6. The van der Waals surface area contributed by atoms with Crippen molar-refractivity contribution in [3.63, 3.8) is 0 Å². The van der Waals surface area contributed by atoms with Crippen molar-refractivity contribution >= 4 is 11.9 Å². The molecular formula is C17H16FNO6. The average Bonchev–Trinajstić information content (AvgIpc) is 2.61. The number of amides is 1. The summed E-state index contributed by atoms with van der Waals surface area (Å²) in [5.41, 5.74) is -0.339. The van der Waals surface area contributed by atoms with Crippen molar-refractivity contribution in [2.75, 3.05) is 7.11 Å². The van der Waals surface area contributed by atoms with Gasteiger partial charge in [-0.1, -0.05) is 18.2 Å². The smallest absolute Gasteiger partial charge is 0.328 e. The fourth-order valence-corrected chi connectivity index (χ4v) is 1.90. The van der Waals surface area contributed by atoms with E-state index in [9.17, 15) is 18.8 Å². The molecule has 1 aromatic carbocycles. The zero-order valence-corrected chi connectivity index (χ0v) is 13.6. The molecule has 0 saturated carbocycles. The monoisotopic (exact) mass is 349 g/mol. The van der Waals surface area contributed by atoms with Gasteiger partial charge in [0.2, 0.25) is 11.2 Å². The Morgan fingerprint density at radius 3 is 2.68 bits per heavy atom. The maximum Gasteiger partial charge on any atom is 0.328 e. The van der Waals surface area contributed by atoms with E-state index in [4.69, 9.17) is 9.15 Å². The summed E-state index contributed by atoms with van der Waals surface area (Å²) in [7, 11) is 1.19. The molecule has 0 aliphatic rings. The molecule has 2 aromatic rings. The van der Waals surface area contributed by atoms with E-state index in [1.165, 1.54) is 32.2 Å². The Hall–Kier alpha value is -3.16. The zero-order chi connectivity index (χ0) is 18.4. The van der Waals surface area contributed by atoms with Gasteiger partial charge in [-0.25, -0.2) is 9.18 Å². The summed E-state index contributed by atoms with van der Waals surface area (Å²) in [6.07, 6.45) is 0.959. The second kappa shape index (κ2) is 8.09. The second-order valence-electron chi connectivity index (χ2n) is 5.07. The summed E-state index contributed by atoms with van der Waals surface area (Å²) >= 11 is 0. The van der Waals surface area contributed by atoms with Gasteiger partial charge in [-0.2, -0.15) is 0 Å². The molecule has 0 saturated heterocycles. The second-order valence-corrected chi connectivity index (χ2v) is 5.07. The number of carbonyl (C=O) groups excluding carboxylic acids is 2. The van der Waals surface area contributed by atoms with Gasteiger partial charge >= 0.3 is 5.97 Å². The highest BCUT2D eigenvalue weighted by atomic mass is 19.1. The van der Waals surface area contributed by atoms with Gasteiger partial charge < -0.3 is 19.2 Å². The first kappa shape index (κ1) is 18.2. The highest BCUT2D eigenvalue weighted by Gasteiger charge is 2.19. The summed E-state index contributed by atoms with van der Waals surface area (Å²) in [4.78, 5) is 35.2. The van der Waals surface area contributed by atoms with Gasteiger partial charge in [-0.15, -0.1) is 0 Å². The largest absolute Gasteiger partial charge is 0.482 e. The number of esters is 1. The standard InChI is InChI=1S/C17H16FNO6/c1-10(17(22)23-2)19-16(21)14-7-13(20)15(9-25-14)24-8-11-5-3-4-6-12(11)18/h3-7,9-10H,8H2,1-2H3,(H,19,21). The lowest BCUT2D eigenvalue weighted by molar-refractivity contribution is -0.142. The minimum atomic E-state index is -0.903. The van der Waals surface area contributed by atoms with E-state index in [1.807, 2.05) is 0 Å². The molecule has 0 aliphatic heterocycles. The highest BCUT2D eigenvalue weighted by molar-refractivity contribution is 5.94. The van der Waals surface area contributed by atoms with E-state index in [2.05, 4.69) is 10.1 Å². The van der Waals surface area contributed by atoms with Crippen molar-refractivity contribution < 1.29 is 27.9 Å². The molecule has 1 heterocycles. The van der Waals surface area contributed by atoms with Gasteiger partial charge in [-0.3, -0.25) is 9.59 Å². The third kappa shape index (κ3) is 4.66. The first-order valence-electron chi connectivity index (χ1n) is 7.30. The third-order valence-corrected chi connectivity index (χ3v) is 3.27. The van der Waals surface area contributed by atoms with Crippen LogP contribution in [0.25, 0.3) is 0 Å². The van der Waals surface area contributed by atoms with E-state index in [-0.39, 0.29) is 23.7 Å². The van der Waals surface area contributed by atoms with Crippen LogP contribution >= 0.6 is 0 Å². The molecule has 0 bridgehead atoms. The number of benzene rings is 1. The third-order valence-electron chi connectivity index (χ3n) is 3.27. The van der Waals surface area contributed by atoms with Crippen molar-refractivity contribution in [2.24, 2.45) is 0 Å². The fraction of sp³-hybridized carbons (Fsp3) is 0.235. The highest BCUT2D eigenvalue weighted by Crippen LogP contribution is 2.12. The van der Waals surface area contributed by atoms with Crippen molar-refractivity contribution in [3.8, 4) is 5.75 Å². The quantitative estimate of drug-likeness (QED) is 0.797. The SMILES string of the molecule is COC(=O)C(C)NC(=O)c1cc(=O)c(OCc2ccccc2F)co1. The van der Waals surface area contributed by atoms with Gasteiger partial charge in [0.15, 0.2) is 5.76 Å². The van der Waals surface area contributed by atoms with Crippen LogP contribution in [0.5, 0.6) is 5.75 Å². The van der Waals surface area contributed by atoms with Gasteiger partial charge in [0.25, 0.3) is 5.91 Å². The predicted octanol–water partition coefficient (Wildman–Crippen LogP) is 1.65. The summed E-state index contributed by atoms with van der Waals surface area (Å²) in [5, 5.41) is 2.32. The van der Waals surface area contributed by atoms with E-state index >= 15 is 0 Å². The lowest BCUT2D eigenvalue weighted by Crippen LogP contribution is -2.39. The Morgan fingerprint density at radius 2 is 2.04 bits per heavy atom. The van der Waals surface area contributed by atoms with Gasteiger partial charge in [-0.05, 0) is 13.0 Å². The van der Waals surface area contributed by atoms with Crippen LogP contribution < -0.4 is 15.5 Å². The van der Waals surface area contributed by atoms with Crippen LogP contribution in [0.2, 0.25) is 0 Å². The van der Waals surface area contributed by atoms with Crippen LogP contribution in [0.15, 0.2) is 45.8 Å². The molecule has 1 N–H and O–H groups in total. The molecule has 1 amide bonds. The summed E-state index contributed by atoms with van der Waals surface area (Å²) < 4.78 is 28.3. The number of hydrogen-bond donors (Lipinski definition) is 1. The maximum atomic E-state index is 13.5. The number of nitrogens with one attached hydrogen (secondary N) is 1. The van der Waals surface area contributed by atoms with Crippen LogP contribution in [0.3, 0.4) is 0 Å². The molecule has 8 heteroatoms. The molecule has 0 aliphatic carbocycles. The van der Waals surface area contributed by atoms with E-state index in [0.29, 0.717) is 0 Å². The molecular weight excluding hydrogens is 333 g/mol. The molecule has 1 unspecified atom stereocenters. The maximum absolute atomic E-state index is 13.5. The Labute approximate surface area is 142 Å². The zero-order valence-electron chi connectivity index (χ0n) is 13.6. The molecule has 25 heavy (non-hydrogen) atoms. The molecule has 0 fully saturated rings. The topological polar surface area (TPSA) is 94.8 Å². The normalized spacial score (nSPS) is 11.5. The van der Waals surface area contributed by atoms with Crippen molar-refractivity contribution in [2.45, 2.75) is 19.6 Å². The number of ether oxygens (including phenoxy) is 2. The fourth-order valence-electron chi connectivity index (χ4n) is 1.90. The molecule has 2 rings (SSSR count). The lowest BCUT2D eigenvalue weighted by atomic mass is 10.2. The Bertz CT molecular complexity index is 832. The molecule has 1 aromatic heterocycles. The Morgan fingerprint density at radius 1 is 1.32 bits per heavy atom. The number of halogens is 1. The van der Waals surface area contributed by atoms with Crippen molar-refractivity contribution in [1.82, 2.24) is 5.32 Å². The van der Waals surface area contributed by atoms with Crippen LogP contribution in [0.1, 0.15) is 23.0 Å². The minimum absolute atomic E-state index is 0.164. The molecule has 0 spiro atoms. The first-order chi connectivity index (χ1) is 11.9. The van der Waals surface area contributed by atoms with Gasteiger partial charge in [0, 0.05) is 11.6 Å². The number of hydrogen-bond acceptors (Lipinski definition) is 6. The molecule has 1 atom stereocenters. The molecule has 7 nitrogen and oxygen atoms in total. The van der Waals surface area contributed by atoms with Gasteiger partial charge in [0.1, 0.15) is 24.7 Å². The van der Waals surface area contributed by atoms with Crippen LogP contribution in [-0.2, 0) is 16.1 Å². The van der Waals surface area contributed by atoms with Crippen LogP contribution in [-0.4, -0.2) is 25.0 Å². The summed E-state index contributed by atoms with van der Waals surface area (Å²) in [5.74, 6) is -2.31. The summed E-state index contributed by atoms with van der Waals surface area (Å²) in [6, 6.07) is 6.00. The van der Waals surface area contributed by atoms with Crippen molar-refractivity contribution in [3.05, 3.63) is 64.0 Å². The van der Waals surface area contributed by atoms with Crippen molar-refractivity contribution in [1.29, 1.82) is 0 Å². The van der Waals surface area contributed by atoms with E-state index in [0.717, 1.165) is 12.3 Å². The van der Waals surface area contributed by atoms with Crippen LogP contribution in [0.4, 0.5) is 4.39 Å². The number of methoxy groups -OCH3 is 1. The van der Waals surface area contributed by atoms with Gasteiger partial charge in [0.05, 0.1) is 7.11 Å². The average molecular weight is 349 g/mol. The number of carbonyl (C=O) groups is 2. The van der Waals surface area contributed by atoms with E-state index < -0.39 is 29.2 Å². The summed E-state index contributed by atoms with van der Waals surface area (Å²) in [6.45, 7) is 1.26. The minimum Gasteiger partial charge on any atom is -0.482 e. The Balaban J connectivity index is 2.05.